The number of thioether (sulfide) groups is 1. The second-order valence-corrected chi connectivity index (χ2v) is 4.87. The summed E-state index contributed by atoms with van der Waals surface area (Å²) in [5.74, 6) is -1.19. The Morgan fingerprint density at radius 1 is 1.15 bits per heavy atom. The van der Waals surface area contributed by atoms with Crippen molar-refractivity contribution in [1.29, 1.82) is 0 Å². The Hall–Kier alpha value is -2.34. The Morgan fingerprint density at radius 2 is 1.90 bits per heavy atom. The third kappa shape index (κ3) is 4.10. The van der Waals surface area contributed by atoms with Crippen LogP contribution in [0.2, 0.25) is 0 Å². The highest BCUT2D eigenvalue weighted by Crippen LogP contribution is 2.15. The lowest BCUT2D eigenvalue weighted by Gasteiger charge is -2.06. The van der Waals surface area contributed by atoms with Crippen LogP contribution in [-0.4, -0.2) is 22.6 Å². The van der Waals surface area contributed by atoms with Gasteiger partial charge in [-0.3, -0.25) is 4.79 Å². The average Bonchev–Trinajstić information content (AvgIpc) is 2.47. The van der Waals surface area contributed by atoms with Gasteiger partial charge >= 0.3 is 0 Å². The maximum atomic E-state index is 11.7. The Balaban J connectivity index is 1.86. The minimum Gasteiger partial charge on any atom is -0.545 e. The zero-order valence-corrected chi connectivity index (χ0v) is 11.2. The van der Waals surface area contributed by atoms with Gasteiger partial charge in [0, 0.05) is 11.9 Å². The highest BCUT2D eigenvalue weighted by atomic mass is 32.2. The summed E-state index contributed by atoms with van der Waals surface area (Å²) < 4.78 is 0. The molecule has 0 aliphatic rings. The van der Waals surface area contributed by atoms with Crippen LogP contribution in [0.15, 0.2) is 53.7 Å². The van der Waals surface area contributed by atoms with Crippen LogP contribution in [0.25, 0.3) is 0 Å². The summed E-state index contributed by atoms with van der Waals surface area (Å²) in [4.78, 5) is 26.4. The normalized spacial score (nSPS) is 10.0. The first-order valence-electron chi connectivity index (χ1n) is 5.80. The van der Waals surface area contributed by atoms with Crippen LogP contribution in [-0.2, 0) is 4.79 Å². The Labute approximate surface area is 120 Å². The quantitative estimate of drug-likeness (QED) is 0.835. The fourth-order valence-corrected chi connectivity index (χ4v) is 2.12. The van der Waals surface area contributed by atoms with Gasteiger partial charge in [-0.15, -0.1) is 0 Å². The number of pyridine rings is 1. The van der Waals surface area contributed by atoms with Crippen LogP contribution in [0, 0.1) is 0 Å². The van der Waals surface area contributed by atoms with E-state index < -0.39 is 5.97 Å². The molecule has 1 heterocycles. The van der Waals surface area contributed by atoms with Crippen molar-refractivity contribution in [3.05, 3.63) is 54.2 Å². The molecular weight excluding hydrogens is 276 g/mol. The molecule has 0 fully saturated rings. The summed E-state index contributed by atoms with van der Waals surface area (Å²) in [5, 5.41) is 14.0. The average molecular weight is 287 g/mol. The van der Waals surface area contributed by atoms with Crippen molar-refractivity contribution in [2.24, 2.45) is 0 Å². The maximum Gasteiger partial charge on any atom is 0.234 e. The summed E-state index contributed by atoms with van der Waals surface area (Å²) in [6.07, 6.45) is 1.67. The second-order valence-electron chi connectivity index (χ2n) is 3.87. The number of hydrogen-bond acceptors (Lipinski definition) is 5. The van der Waals surface area contributed by atoms with Crippen LogP contribution < -0.4 is 10.4 Å². The molecule has 20 heavy (non-hydrogen) atoms. The van der Waals surface area contributed by atoms with Crippen LogP contribution >= 0.6 is 11.8 Å². The molecule has 1 N–H and O–H groups in total. The first kappa shape index (κ1) is 14.1. The van der Waals surface area contributed by atoms with E-state index in [4.69, 9.17) is 0 Å². The molecule has 6 heteroatoms. The number of benzene rings is 1. The minimum atomic E-state index is -1.24. The van der Waals surface area contributed by atoms with Crippen molar-refractivity contribution in [3.63, 3.8) is 0 Å². The van der Waals surface area contributed by atoms with Gasteiger partial charge in [0.2, 0.25) is 5.91 Å². The van der Waals surface area contributed by atoms with Crippen molar-refractivity contribution in [3.8, 4) is 0 Å². The molecule has 0 aliphatic heterocycles. The fourth-order valence-electron chi connectivity index (χ4n) is 1.46. The van der Waals surface area contributed by atoms with Crippen LogP contribution in [0.5, 0.6) is 0 Å². The topological polar surface area (TPSA) is 82.1 Å². The highest BCUT2D eigenvalue weighted by molar-refractivity contribution is 7.99. The number of carbonyl (C=O) groups excluding carboxylic acids is 2. The number of nitrogens with one attached hydrogen (secondary N) is 1. The molecule has 0 bridgehead atoms. The molecule has 5 nitrogen and oxygen atoms in total. The molecule has 0 saturated carbocycles. The van der Waals surface area contributed by atoms with Gasteiger partial charge in [-0.2, -0.15) is 0 Å². The van der Waals surface area contributed by atoms with Crippen molar-refractivity contribution in [2.45, 2.75) is 5.03 Å². The second kappa shape index (κ2) is 6.72. The third-order valence-electron chi connectivity index (χ3n) is 2.39. The smallest absolute Gasteiger partial charge is 0.234 e. The predicted octanol–water partition coefficient (Wildman–Crippen LogP) is 1.18. The lowest BCUT2D eigenvalue weighted by molar-refractivity contribution is -0.255. The van der Waals surface area contributed by atoms with Gasteiger partial charge in [0.05, 0.1) is 16.7 Å². The van der Waals surface area contributed by atoms with Crippen molar-refractivity contribution in [2.75, 3.05) is 11.1 Å². The van der Waals surface area contributed by atoms with Crippen molar-refractivity contribution < 1.29 is 14.7 Å². The molecule has 0 spiro atoms. The standard InChI is InChI=1S/C14H12N2O3S/c17-12(9-20-13-3-1-2-8-15-13)16-11-6-4-10(5-7-11)14(18)19/h1-8H,9H2,(H,16,17)(H,18,19)/p-1. The van der Waals surface area contributed by atoms with Gasteiger partial charge in [-0.1, -0.05) is 30.0 Å². The van der Waals surface area contributed by atoms with Crippen LogP contribution in [0.3, 0.4) is 0 Å². The summed E-state index contributed by atoms with van der Waals surface area (Å²) in [6.45, 7) is 0. The van der Waals surface area contributed by atoms with E-state index in [1.165, 1.54) is 36.0 Å². The largest absolute Gasteiger partial charge is 0.545 e. The third-order valence-corrected chi connectivity index (χ3v) is 3.34. The lowest BCUT2D eigenvalue weighted by atomic mass is 10.2. The van der Waals surface area contributed by atoms with E-state index in [9.17, 15) is 14.7 Å². The number of aromatic carboxylic acids is 1. The van der Waals surface area contributed by atoms with Crippen molar-refractivity contribution in [1.82, 2.24) is 4.98 Å². The Morgan fingerprint density at radius 3 is 2.50 bits per heavy atom. The molecule has 1 aromatic carbocycles. The van der Waals surface area contributed by atoms with Crippen LogP contribution in [0.4, 0.5) is 5.69 Å². The van der Waals surface area contributed by atoms with E-state index in [0.29, 0.717) is 5.69 Å². The fraction of sp³-hybridized carbons (Fsp3) is 0.0714. The number of anilines is 1. The number of carboxylic acids is 1. The molecule has 0 saturated heterocycles. The van der Waals surface area contributed by atoms with Gasteiger partial charge in [0.1, 0.15) is 0 Å². The first-order chi connectivity index (χ1) is 9.65. The minimum absolute atomic E-state index is 0.0749. The van der Waals surface area contributed by atoms with Gasteiger partial charge in [0.25, 0.3) is 0 Å². The van der Waals surface area contributed by atoms with Crippen molar-refractivity contribution >= 4 is 29.3 Å². The number of rotatable bonds is 5. The Bertz CT molecular complexity index is 600. The van der Waals surface area contributed by atoms with E-state index in [0.717, 1.165) is 5.03 Å². The summed E-state index contributed by atoms with van der Waals surface area (Å²) in [7, 11) is 0. The summed E-state index contributed by atoms with van der Waals surface area (Å²) in [6, 6.07) is 11.3. The van der Waals surface area contributed by atoms with E-state index in [1.807, 2.05) is 18.2 Å². The monoisotopic (exact) mass is 287 g/mol. The van der Waals surface area contributed by atoms with Crippen LogP contribution in [0.1, 0.15) is 10.4 Å². The number of amides is 1. The van der Waals surface area contributed by atoms with E-state index in [2.05, 4.69) is 10.3 Å². The molecule has 0 atom stereocenters. The molecule has 0 aliphatic carbocycles. The molecule has 2 aromatic rings. The number of carbonyl (C=O) groups is 2. The molecule has 0 unspecified atom stereocenters. The SMILES string of the molecule is O=C(CSc1ccccn1)Nc1ccc(C(=O)[O-])cc1. The van der Waals surface area contributed by atoms with Gasteiger partial charge in [-0.05, 0) is 29.8 Å². The van der Waals surface area contributed by atoms with E-state index >= 15 is 0 Å². The number of aromatic nitrogens is 1. The van der Waals surface area contributed by atoms with Gasteiger partial charge in [-0.25, -0.2) is 4.98 Å². The number of hydrogen-bond donors (Lipinski definition) is 1. The molecule has 1 aromatic heterocycles. The van der Waals surface area contributed by atoms with E-state index in [-0.39, 0.29) is 17.2 Å². The maximum absolute atomic E-state index is 11.7. The number of nitrogens with zero attached hydrogens (tertiary/aromatic N) is 1. The molecule has 0 radical (unpaired) electrons. The predicted molar refractivity (Wildman–Crippen MR) is 74.4 cm³/mol. The van der Waals surface area contributed by atoms with Gasteiger partial charge < -0.3 is 15.2 Å². The Kier molecular flexibility index (Phi) is 4.73. The summed E-state index contributed by atoms with van der Waals surface area (Å²) >= 11 is 1.33. The lowest BCUT2D eigenvalue weighted by Crippen LogP contribution is -2.22. The zero-order chi connectivity index (χ0) is 14.4. The first-order valence-corrected chi connectivity index (χ1v) is 6.79. The zero-order valence-electron chi connectivity index (χ0n) is 10.4. The highest BCUT2D eigenvalue weighted by Gasteiger charge is 2.04. The van der Waals surface area contributed by atoms with Gasteiger partial charge in [0.15, 0.2) is 0 Å². The summed E-state index contributed by atoms with van der Waals surface area (Å²) in [5.41, 5.74) is 0.618. The van der Waals surface area contributed by atoms with E-state index in [1.54, 1.807) is 6.20 Å². The molecule has 102 valence electrons. The number of carboxylic acid groups (broad SMARTS) is 1. The molecule has 2 rings (SSSR count). The molecular formula is C14H11N2O3S-. The molecule has 1 amide bonds.